The number of hydrogen-bond donors (Lipinski definition) is 0. The zero-order chi connectivity index (χ0) is 13.1. The molecule has 0 bridgehead atoms. The normalized spacial score (nSPS) is 9.95. The first-order valence-electron chi connectivity index (χ1n) is 5.83. The Hall–Kier alpha value is -1.35. The van der Waals surface area contributed by atoms with Gasteiger partial charge in [-0.25, -0.2) is 4.98 Å². The number of nitriles is 1. The first-order valence-corrected chi connectivity index (χ1v) is 7.63. The van der Waals surface area contributed by atoms with Gasteiger partial charge >= 0.3 is 0 Å². The molecule has 100 valence electrons. The van der Waals surface area contributed by atoms with Crippen molar-refractivity contribution in [3.05, 3.63) is 59.7 Å². The Morgan fingerprint density at radius 3 is 2.65 bits per heavy atom. The van der Waals surface area contributed by atoms with Gasteiger partial charge in [-0.3, -0.25) is 0 Å². The topological polar surface area (TPSA) is 36.7 Å². The van der Waals surface area contributed by atoms with Gasteiger partial charge in [0, 0.05) is 5.75 Å². The van der Waals surface area contributed by atoms with Gasteiger partial charge in [0.1, 0.15) is 0 Å². The first-order chi connectivity index (χ1) is 9.36. The van der Waals surface area contributed by atoms with Gasteiger partial charge in [0.05, 0.1) is 21.8 Å². The van der Waals surface area contributed by atoms with Crippen LogP contribution in [0.2, 0.25) is 0 Å². The summed E-state index contributed by atoms with van der Waals surface area (Å²) in [7, 11) is 0. The molecule has 0 saturated heterocycles. The minimum Gasteiger partial charge on any atom is -0.230 e. The molecule has 3 rings (SSSR count). The van der Waals surface area contributed by atoms with Gasteiger partial charge in [-0.2, -0.15) is 5.26 Å². The molecule has 0 N–H and O–H groups in total. The van der Waals surface area contributed by atoms with Crippen LogP contribution in [0.1, 0.15) is 11.1 Å². The van der Waals surface area contributed by atoms with E-state index >= 15 is 0 Å². The van der Waals surface area contributed by atoms with Crippen LogP contribution in [0.25, 0.3) is 10.2 Å². The molecular weight excluding hydrogens is 352 g/mol. The molecule has 0 amide bonds. The maximum absolute atomic E-state index is 9.06. The average molecular weight is 363 g/mol. The second-order valence-electron chi connectivity index (χ2n) is 4.01. The van der Waals surface area contributed by atoms with Crippen LogP contribution in [0.5, 0.6) is 0 Å². The largest absolute Gasteiger partial charge is 0.230 e. The Bertz CT molecular complexity index is 729. The molecule has 0 spiro atoms. The van der Waals surface area contributed by atoms with Crippen molar-refractivity contribution in [3.8, 4) is 6.07 Å². The molecule has 0 aliphatic carbocycles. The standard InChI is InChI=1S/C15H10N2S2.BrH/c16-9-11-5-1-2-6-12(11)10-18-15-17-13-7-3-4-8-14(13)19-15;/h1-8H,10H2;1H. The van der Waals surface area contributed by atoms with E-state index in [4.69, 9.17) is 5.26 Å². The fraction of sp³-hybridized carbons (Fsp3) is 0.0667. The summed E-state index contributed by atoms with van der Waals surface area (Å²) in [6, 6.07) is 18.1. The number of benzene rings is 2. The molecule has 3 aromatic rings. The van der Waals surface area contributed by atoms with E-state index in [1.54, 1.807) is 23.1 Å². The number of para-hydroxylation sites is 1. The van der Waals surface area contributed by atoms with E-state index in [2.05, 4.69) is 17.1 Å². The number of fused-ring (bicyclic) bond motifs is 1. The molecule has 0 aliphatic rings. The number of halogens is 1. The number of rotatable bonds is 3. The highest BCUT2D eigenvalue weighted by atomic mass is 79.9. The van der Waals surface area contributed by atoms with Crippen LogP contribution in [-0.4, -0.2) is 4.98 Å². The molecule has 20 heavy (non-hydrogen) atoms. The minimum atomic E-state index is 0. The molecule has 2 aromatic carbocycles. The second-order valence-corrected chi connectivity index (χ2v) is 6.26. The van der Waals surface area contributed by atoms with E-state index in [0.29, 0.717) is 0 Å². The zero-order valence-corrected chi connectivity index (χ0v) is 13.8. The molecule has 1 heterocycles. The highest BCUT2D eigenvalue weighted by molar-refractivity contribution is 8.93. The summed E-state index contributed by atoms with van der Waals surface area (Å²) in [5.74, 6) is 0.781. The average Bonchev–Trinajstić information content (AvgIpc) is 2.88. The summed E-state index contributed by atoms with van der Waals surface area (Å²) in [5, 5.41) is 9.06. The molecular formula is C15H11BrN2S2. The molecule has 2 nitrogen and oxygen atoms in total. The third-order valence-electron chi connectivity index (χ3n) is 2.76. The first kappa shape index (κ1) is 15.0. The van der Waals surface area contributed by atoms with Gasteiger partial charge < -0.3 is 0 Å². The fourth-order valence-corrected chi connectivity index (χ4v) is 3.88. The Labute approximate surface area is 136 Å². The quantitative estimate of drug-likeness (QED) is 0.612. The molecule has 0 unspecified atom stereocenters. The minimum absolute atomic E-state index is 0. The lowest BCUT2D eigenvalue weighted by Crippen LogP contribution is -1.86. The van der Waals surface area contributed by atoms with E-state index < -0.39 is 0 Å². The lowest BCUT2D eigenvalue weighted by atomic mass is 10.1. The zero-order valence-electron chi connectivity index (χ0n) is 10.4. The summed E-state index contributed by atoms with van der Waals surface area (Å²) in [5.41, 5.74) is 2.86. The number of hydrogen-bond acceptors (Lipinski definition) is 4. The van der Waals surface area contributed by atoms with Crippen LogP contribution >= 0.6 is 40.1 Å². The molecule has 0 atom stereocenters. The molecule has 0 fully saturated rings. The Balaban J connectivity index is 0.00000147. The van der Waals surface area contributed by atoms with Gasteiger partial charge in [0.2, 0.25) is 0 Å². The summed E-state index contributed by atoms with van der Waals surface area (Å²) in [6.07, 6.45) is 0. The van der Waals surface area contributed by atoms with Gasteiger partial charge in [0.15, 0.2) is 4.34 Å². The van der Waals surface area contributed by atoms with Crippen molar-refractivity contribution in [2.75, 3.05) is 0 Å². The van der Waals surface area contributed by atoms with E-state index in [-0.39, 0.29) is 17.0 Å². The molecule has 1 aromatic heterocycles. The Kier molecular flexibility index (Phi) is 5.18. The highest BCUT2D eigenvalue weighted by Crippen LogP contribution is 2.31. The maximum Gasteiger partial charge on any atom is 0.151 e. The summed E-state index contributed by atoms with van der Waals surface area (Å²) < 4.78 is 2.26. The number of thioether (sulfide) groups is 1. The SMILES string of the molecule is Br.N#Cc1ccccc1CSc1nc2ccccc2s1. The summed E-state index contributed by atoms with van der Waals surface area (Å²) in [4.78, 5) is 4.58. The predicted octanol–water partition coefficient (Wildman–Crippen LogP) is 5.04. The molecule has 0 saturated carbocycles. The van der Waals surface area contributed by atoms with Gasteiger partial charge in [-0.05, 0) is 23.8 Å². The van der Waals surface area contributed by atoms with Crippen molar-refractivity contribution in [1.82, 2.24) is 4.98 Å². The third-order valence-corrected chi connectivity index (χ3v) is 4.99. The van der Waals surface area contributed by atoms with Gasteiger partial charge in [-0.1, -0.05) is 42.1 Å². The molecule has 0 aliphatic heterocycles. The van der Waals surface area contributed by atoms with E-state index in [0.717, 1.165) is 26.7 Å². The molecule has 5 heteroatoms. The van der Waals surface area contributed by atoms with Crippen molar-refractivity contribution in [2.24, 2.45) is 0 Å². The van der Waals surface area contributed by atoms with Crippen molar-refractivity contribution in [3.63, 3.8) is 0 Å². The smallest absolute Gasteiger partial charge is 0.151 e. The lowest BCUT2D eigenvalue weighted by Gasteiger charge is -2.00. The molecule has 0 radical (unpaired) electrons. The van der Waals surface area contributed by atoms with Crippen molar-refractivity contribution in [2.45, 2.75) is 10.1 Å². The van der Waals surface area contributed by atoms with Crippen molar-refractivity contribution in [1.29, 1.82) is 5.26 Å². The Morgan fingerprint density at radius 2 is 1.85 bits per heavy atom. The van der Waals surface area contributed by atoms with Crippen LogP contribution < -0.4 is 0 Å². The van der Waals surface area contributed by atoms with Crippen LogP contribution in [0.15, 0.2) is 52.9 Å². The van der Waals surface area contributed by atoms with Crippen molar-refractivity contribution >= 4 is 50.3 Å². The number of thiazole rings is 1. The van der Waals surface area contributed by atoms with Gasteiger partial charge in [-0.15, -0.1) is 28.3 Å². The van der Waals surface area contributed by atoms with E-state index in [1.165, 1.54) is 4.70 Å². The van der Waals surface area contributed by atoms with Gasteiger partial charge in [0.25, 0.3) is 0 Å². The highest BCUT2D eigenvalue weighted by Gasteiger charge is 2.06. The second kappa shape index (κ2) is 6.89. The Morgan fingerprint density at radius 1 is 1.10 bits per heavy atom. The lowest BCUT2D eigenvalue weighted by molar-refractivity contribution is 1.28. The van der Waals surface area contributed by atoms with Crippen LogP contribution in [-0.2, 0) is 5.75 Å². The monoisotopic (exact) mass is 362 g/mol. The van der Waals surface area contributed by atoms with Crippen LogP contribution in [0.4, 0.5) is 0 Å². The predicted molar refractivity (Wildman–Crippen MR) is 90.7 cm³/mol. The van der Waals surface area contributed by atoms with Crippen LogP contribution in [0, 0.1) is 11.3 Å². The third kappa shape index (κ3) is 3.21. The number of aromatic nitrogens is 1. The summed E-state index contributed by atoms with van der Waals surface area (Å²) >= 11 is 3.38. The fourth-order valence-electron chi connectivity index (χ4n) is 1.81. The number of nitrogens with zero attached hydrogens (tertiary/aromatic N) is 2. The van der Waals surface area contributed by atoms with E-state index in [9.17, 15) is 0 Å². The van der Waals surface area contributed by atoms with E-state index in [1.807, 2.05) is 42.5 Å². The summed E-state index contributed by atoms with van der Waals surface area (Å²) in [6.45, 7) is 0. The van der Waals surface area contributed by atoms with Crippen molar-refractivity contribution < 1.29 is 0 Å². The van der Waals surface area contributed by atoms with Crippen LogP contribution in [0.3, 0.4) is 0 Å². The maximum atomic E-state index is 9.06.